The maximum atomic E-state index is 13.8. The van der Waals surface area contributed by atoms with Crippen molar-refractivity contribution in [1.29, 1.82) is 0 Å². The Labute approximate surface area is 255 Å². The van der Waals surface area contributed by atoms with E-state index in [-0.39, 0.29) is 37.7 Å². The minimum atomic E-state index is -1.23. The molecule has 1 aliphatic rings. The van der Waals surface area contributed by atoms with Crippen molar-refractivity contribution in [2.24, 2.45) is 16.5 Å². The summed E-state index contributed by atoms with van der Waals surface area (Å²) in [5.41, 5.74) is 13.1. The Morgan fingerprint density at radius 1 is 0.909 bits per heavy atom. The van der Waals surface area contributed by atoms with Gasteiger partial charge >= 0.3 is 5.97 Å². The van der Waals surface area contributed by atoms with Gasteiger partial charge in [0.1, 0.15) is 18.1 Å². The topological polar surface area (TPSA) is 217 Å². The van der Waals surface area contributed by atoms with Crippen molar-refractivity contribution in [2.45, 2.75) is 62.7 Å². The Morgan fingerprint density at radius 3 is 2.27 bits per heavy atom. The van der Waals surface area contributed by atoms with Crippen LogP contribution in [0.25, 0.3) is 10.9 Å². The zero-order valence-electron chi connectivity index (χ0n) is 24.4. The fourth-order valence-corrected chi connectivity index (χ4v) is 5.27. The fraction of sp³-hybridized carbons (Fsp3) is 0.387. The molecule has 3 aromatic rings. The van der Waals surface area contributed by atoms with E-state index < -0.39 is 42.0 Å². The van der Waals surface area contributed by atoms with Crippen molar-refractivity contribution in [2.75, 3.05) is 13.1 Å². The number of benzene rings is 2. The molecule has 0 radical (unpaired) electrons. The van der Waals surface area contributed by atoms with Gasteiger partial charge in [-0.1, -0.05) is 48.5 Å². The lowest BCUT2D eigenvalue weighted by Crippen LogP contribution is -2.58. The number of carbonyl (C=O) groups excluding carboxylic acids is 3. The number of hydrogen-bond donors (Lipinski definition) is 8. The Kier molecular flexibility index (Phi) is 11.3. The predicted octanol–water partition coefficient (Wildman–Crippen LogP) is 0.298. The number of aliphatic imine (C=N–C) groups is 1. The van der Waals surface area contributed by atoms with Crippen molar-refractivity contribution in [3.63, 3.8) is 0 Å². The number of H-pyrrole nitrogens is 1. The van der Waals surface area contributed by atoms with Crippen LogP contribution in [0.15, 0.2) is 65.8 Å². The van der Waals surface area contributed by atoms with Gasteiger partial charge in [0.05, 0.1) is 6.04 Å². The second kappa shape index (κ2) is 15.5. The van der Waals surface area contributed by atoms with Gasteiger partial charge in [0.2, 0.25) is 17.7 Å². The smallest absolute Gasteiger partial charge is 0.326 e. The van der Waals surface area contributed by atoms with E-state index in [9.17, 15) is 24.3 Å². The summed E-state index contributed by atoms with van der Waals surface area (Å²) in [7, 11) is 0. The first-order chi connectivity index (χ1) is 21.2. The number of carbonyl (C=O) groups is 4. The fourth-order valence-electron chi connectivity index (χ4n) is 5.27. The van der Waals surface area contributed by atoms with Crippen LogP contribution in [0.3, 0.4) is 0 Å². The molecule has 3 amide bonds. The number of para-hydroxylation sites is 1. The van der Waals surface area contributed by atoms with Crippen molar-refractivity contribution >= 4 is 40.6 Å². The highest BCUT2D eigenvalue weighted by atomic mass is 16.4. The number of nitrogens with one attached hydrogen (secondary N) is 5. The van der Waals surface area contributed by atoms with Crippen LogP contribution in [-0.2, 0) is 32.0 Å². The molecule has 0 bridgehead atoms. The largest absolute Gasteiger partial charge is 0.480 e. The van der Waals surface area contributed by atoms with Crippen LogP contribution < -0.4 is 32.7 Å². The lowest BCUT2D eigenvalue weighted by molar-refractivity contribution is -0.142. The Balaban J connectivity index is 1.56. The predicted molar refractivity (Wildman–Crippen MR) is 167 cm³/mol. The summed E-state index contributed by atoms with van der Waals surface area (Å²) in [5, 5.41) is 22.1. The maximum absolute atomic E-state index is 13.8. The van der Waals surface area contributed by atoms with E-state index in [1.165, 1.54) is 0 Å². The van der Waals surface area contributed by atoms with E-state index >= 15 is 0 Å². The van der Waals surface area contributed by atoms with Crippen molar-refractivity contribution in [3.8, 4) is 0 Å². The number of rotatable bonds is 15. The third kappa shape index (κ3) is 9.04. The molecule has 234 valence electrons. The molecule has 10 N–H and O–H groups in total. The third-order valence-corrected chi connectivity index (χ3v) is 7.58. The first kappa shape index (κ1) is 32.0. The molecule has 0 spiro atoms. The molecule has 0 saturated carbocycles. The molecule has 13 nitrogen and oxygen atoms in total. The first-order valence-electron chi connectivity index (χ1n) is 14.7. The van der Waals surface area contributed by atoms with Gasteiger partial charge in [0.15, 0.2) is 5.96 Å². The summed E-state index contributed by atoms with van der Waals surface area (Å²) < 4.78 is 0. The van der Waals surface area contributed by atoms with Gasteiger partial charge < -0.3 is 42.8 Å². The molecule has 1 fully saturated rings. The zero-order valence-corrected chi connectivity index (χ0v) is 24.4. The number of fused-ring (bicyclic) bond motifs is 1. The number of amides is 3. The van der Waals surface area contributed by atoms with Gasteiger partial charge in [-0.3, -0.25) is 19.4 Å². The van der Waals surface area contributed by atoms with Gasteiger partial charge in [-0.15, -0.1) is 0 Å². The number of aliphatic carboxylic acids is 1. The monoisotopic (exact) mass is 604 g/mol. The van der Waals surface area contributed by atoms with E-state index in [4.69, 9.17) is 11.5 Å². The van der Waals surface area contributed by atoms with Crippen LogP contribution in [0.5, 0.6) is 0 Å². The van der Waals surface area contributed by atoms with E-state index in [2.05, 4.69) is 31.2 Å². The normalized spacial score (nSPS) is 16.4. The molecular formula is C31H40N8O5. The number of aromatic amines is 1. The zero-order chi connectivity index (χ0) is 31.5. The summed E-state index contributed by atoms with van der Waals surface area (Å²) >= 11 is 0. The Bertz CT molecular complexity index is 1460. The van der Waals surface area contributed by atoms with Gasteiger partial charge in [-0.05, 0) is 49.4 Å². The number of guanidine groups is 1. The lowest BCUT2D eigenvalue weighted by atomic mass is 10.0. The Morgan fingerprint density at radius 2 is 1.59 bits per heavy atom. The molecule has 2 aromatic carbocycles. The molecule has 4 rings (SSSR count). The average molecular weight is 605 g/mol. The second-order valence-electron chi connectivity index (χ2n) is 10.9. The standard InChI is InChI=1S/C31H40N8O5/c32-31(33)35-15-7-13-24(30(43)44)37-29(42)26(17-20-18-36-22-11-5-4-10-21(20)22)39-28(41)25(16-19-8-2-1-3-9-19)38-27(40)23-12-6-14-34-23/h1-5,8-11,18,23-26,34,36H,6-7,12-17H2,(H,37,42)(H,38,40)(H,39,41)(H,43,44)(H4,32,33,35). The molecule has 13 heteroatoms. The van der Waals surface area contributed by atoms with Crippen LogP contribution in [0.2, 0.25) is 0 Å². The molecule has 4 unspecified atom stereocenters. The van der Waals surface area contributed by atoms with Crippen LogP contribution in [0.1, 0.15) is 36.8 Å². The highest BCUT2D eigenvalue weighted by molar-refractivity contribution is 5.95. The van der Waals surface area contributed by atoms with E-state index in [0.717, 1.165) is 35.0 Å². The summed E-state index contributed by atoms with van der Waals surface area (Å²) in [4.78, 5) is 59.5. The molecule has 1 aromatic heterocycles. The molecule has 2 heterocycles. The van der Waals surface area contributed by atoms with Crippen LogP contribution in [0.4, 0.5) is 0 Å². The lowest BCUT2D eigenvalue weighted by Gasteiger charge is -2.25. The second-order valence-corrected chi connectivity index (χ2v) is 10.9. The minimum Gasteiger partial charge on any atom is -0.480 e. The summed E-state index contributed by atoms with van der Waals surface area (Å²) in [6, 6.07) is 13.1. The van der Waals surface area contributed by atoms with E-state index in [1.54, 1.807) is 6.20 Å². The van der Waals surface area contributed by atoms with Crippen LogP contribution >= 0.6 is 0 Å². The van der Waals surface area contributed by atoms with Crippen molar-refractivity contribution in [1.82, 2.24) is 26.3 Å². The number of aromatic nitrogens is 1. The highest BCUT2D eigenvalue weighted by Gasteiger charge is 2.32. The molecule has 4 atom stereocenters. The van der Waals surface area contributed by atoms with Gasteiger partial charge in [-0.2, -0.15) is 0 Å². The quantitative estimate of drug-likeness (QED) is 0.0684. The molecule has 1 saturated heterocycles. The Hall–Kier alpha value is -4.91. The number of nitrogens with two attached hydrogens (primary N) is 2. The van der Waals surface area contributed by atoms with E-state index in [0.29, 0.717) is 12.8 Å². The number of hydrogen-bond acceptors (Lipinski definition) is 6. The molecular weight excluding hydrogens is 564 g/mol. The number of carboxylic acid groups (broad SMARTS) is 1. The average Bonchev–Trinajstić information content (AvgIpc) is 3.69. The SMILES string of the molecule is NC(N)=NCCCC(NC(=O)C(Cc1c[nH]c2ccccc12)NC(=O)C(Cc1ccccc1)NC(=O)C1CCCN1)C(=O)O. The third-order valence-electron chi connectivity index (χ3n) is 7.58. The summed E-state index contributed by atoms with van der Waals surface area (Å²) in [6.07, 6.45) is 3.96. The molecule has 0 aliphatic carbocycles. The van der Waals surface area contributed by atoms with Crippen LogP contribution in [0, 0.1) is 0 Å². The molecule has 1 aliphatic heterocycles. The van der Waals surface area contributed by atoms with E-state index in [1.807, 2.05) is 54.6 Å². The van der Waals surface area contributed by atoms with Gasteiger partial charge in [0.25, 0.3) is 0 Å². The highest BCUT2D eigenvalue weighted by Crippen LogP contribution is 2.19. The van der Waals surface area contributed by atoms with Crippen LogP contribution in [-0.4, -0.2) is 77.0 Å². The number of nitrogens with zero attached hydrogens (tertiary/aromatic N) is 1. The van der Waals surface area contributed by atoms with Crippen molar-refractivity contribution < 1.29 is 24.3 Å². The summed E-state index contributed by atoms with van der Waals surface area (Å²) in [6.45, 7) is 0.922. The van der Waals surface area contributed by atoms with Crippen molar-refractivity contribution in [3.05, 3.63) is 71.9 Å². The first-order valence-corrected chi connectivity index (χ1v) is 14.7. The van der Waals surface area contributed by atoms with Gasteiger partial charge in [-0.25, -0.2) is 4.79 Å². The minimum absolute atomic E-state index is 0.0761. The summed E-state index contributed by atoms with van der Waals surface area (Å²) in [5.74, 6) is -2.84. The molecule has 44 heavy (non-hydrogen) atoms. The number of carboxylic acids is 1. The maximum Gasteiger partial charge on any atom is 0.326 e. The van der Waals surface area contributed by atoms with Gasteiger partial charge in [0, 0.05) is 36.5 Å².